The highest BCUT2D eigenvalue weighted by Gasteiger charge is 2.24. The maximum atomic E-state index is 12.3. The van der Waals surface area contributed by atoms with E-state index in [4.69, 9.17) is 4.98 Å². The summed E-state index contributed by atoms with van der Waals surface area (Å²) in [7, 11) is 0. The number of carbonyl (C=O) groups is 1. The Kier molecular flexibility index (Phi) is 5.07. The van der Waals surface area contributed by atoms with Gasteiger partial charge in [0.25, 0.3) is 5.91 Å². The van der Waals surface area contributed by atoms with Crippen molar-refractivity contribution in [2.45, 2.75) is 26.7 Å². The van der Waals surface area contributed by atoms with E-state index in [0.29, 0.717) is 18.0 Å². The van der Waals surface area contributed by atoms with E-state index in [1.54, 1.807) is 11.3 Å². The number of carbonyl (C=O) groups excluding carboxylic acids is 1. The largest absolute Gasteiger partial charge is 0.356 e. The minimum absolute atomic E-state index is 0.00155. The maximum Gasteiger partial charge on any atom is 0.251 e. The number of anilines is 1. The Hall–Kier alpha value is -2.47. The van der Waals surface area contributed by atoms with Crippen molar-refractivity contribution in [3.8, 4) is 0 Å². The Bertz CT molecular complexity index is 953. The Labute approximate surface area is 163 Å². The first kappa shape index (κ1) is 17.9. The molecule has 1 saturated heterocycles. The predicted molar refractivity (Wildman–Crippen MR) is 111 cm³/mol. The molecule has 3 aromatic rings. The number of hydrogen-bond acceptors (Lipinski definition) is 5. The molecule has 1 atom stereocenters. The summed E-state index contributed by atoms with van der Waals surface area (Å²) in [5.74, 6) is 2.30. The van der Waals surface area contributed by atoms with Gasteiger partial charge in [0.05, 0.1) is 5.39 Å². The van der Waals surface area contributed by atoms with E-state index in [2.05, 4.69) is 27.5 Å². The smallest absolute Gasteiger partial charge is 0.251 e. The first-order valence-electron chi connectivity index (χ1n) is 9.42. The van der Waals surface area contributed by atoms with Crippen LogP contribution in [-0.4, -0.2) is 35.5 Å². The lowest BCUT2D eigenvalue weighted by Crippen LogP contribution is -2.41. The summed E-state index contributed by atoms with van der Waals surface area (Å²) in [6.45, 7) is 6.70. The predicted octanol–water partition coefficient (Wildman–Crippen LogP) is 3.95. The van der Waals surface area contributed by atoms with Crippen LogP contribution in [-0.2, 0) is 0 Å². The second-order valence-corrected chi connectivity index (χ2v) is 8.08. The molecule has 27 heavy (non-hydrogen) atoms. The van der Waals surface area contributed by atoms with Gasteiger partial charge >= 0.3 is 0 Å². The van der Waals surface area contributed by atoms with Crippen LogP contribution in [0.4, 0.5) is 5.82 Å². The van der Waals surface area contributed by atoms with Crippen molar-refractivity contribution in [1.82, 2.24) is 15.3 Å². The Morgan fingerprint density at radius 2 is 2.07 bits per heavy atom. The molecule has 4 rings (SSSR count). The number of fused-ring (bicyclic) bond motifs is 1. The fourth-order valence-corrected chi connectivity index (χ4v) is 4.71. The van der Waals surface area contributed by atoms with Crippen LogP contribution in [0.5, 0.6) is 0 Å². The third-order valence-corrected chi connectivity index (χ3v) is 6.11. The maximum absolute atomic E-state index is 12.3. The first-order chi connectivity index (χ1) is 13.1. The van der Waals surface area contributed by atoms with Crippen LogP contribution in [0.3, 0.4) is 0 Å². The first-order valence-corrected chi connectivity index (χ1v) is 10.3. The summed E-state index contributed by atoms with van der Waals surface area (Å²) in [4.78, 5) is 25.1. The molecular weight excluding hydrogens is 356 g/mol. The summed E-state index contributed by atoms with van der Waals surface area (Å²) in [5.41, 5.74) is 1.96. The summed E-state index contributed by atoms with van der Waals surface area (Å²) in [5, 5.41) is 6.44. The molecule has 140 valence electrons. The van der Waals surface area contributed by atoms with Gasteiger partial charge in [-0.2, -0.15) is 0 Å². The summed E-state index contributed by atoms with van der Waals surface area (Å²) in [6, 6.07) is 9.41. The molecular formula is C21H24N4OS. The van der Waals surface area contributed by atoms with Crippen LogP contribution < -0.4 is 10.2 Å². The molecule has 1 N–H and O–H groups in total. The van der Waals surface area contributed by atoms with Crippen LogP contribution >= 0.6 is 11.3 Å². The van der Waals surface area contributed by atoms with Crippen molar-refractivity contribution >= 4 is 33.3 Å². The number of thiophene rings is 1. The molecule has 1 aromatic carbocycles. The third-order valence-electron chi connectivity index (χ3n) is 5.12. The normalized spacial score (nSPS) is 17.3. The van der Waals surface area contributed by atoms with Crippen molar-refractivity contribution in [2.24, 2.45) is 5.92 Å². The molecule has 5 nitrogen and oxygen atoms in total. The van der Waals surface area contributed by atoms with E-state index in [1.165, 1.54) is 10.9 Å². The topological polar surface area (TPSA) is 58.1 Å². The van der Waals surface area contributed by atoms with Crippen LogP contribution in [0.1, 0.15) is 34.6 Å². The minimum Gasteiger partial charge on any atom is -0.356 e. The fraction of sp³-hybridized carbons (Fsp3) is 0.381. The molecule has 1 amide bonds. The molecule has 3 heterocycles. The van der Waals surface area contributed by atoms with E-state index in [-0.39, 0.29) is 5.91 Å². The molecule has 0 aliphatic carbocycles. The lowest BCUT2D eigenvalue weighted by atomic mass is 9.97. The molecule has 6 heteroatoms. The second-order valence-electron chi connectivity index (χ2n) is 7.22. The molecule has 0 radical (unpaired) electrons. The van der Waals surface area contributed by atoms with E-state index >= 15 is 0 Å². The van der Waals surface area contributed by atoms with Gasteiger partial charge in [-0.05, 0) is 55.7 Å². The van der Waals surface area contributed by atoms with Crippen molar-refractivity contribution in [3.05, 3.63) is 52.7 Å². The summed E-state index contributed by atoms with van der Waals surface area (Å²) >= 11 is 1.68. The standard InChI is InChI=1S/C21H24N4OS/c1-14-13-27-21-18(14)19(23-15(2)24-21)25-10-6-7-16(12-25)11-22-20(26)17-8-4-3-5-9-17/h3-5,8-9,13,16H,6-7,10-12H2,1-2H3,(H,22,26). The summed E-state index contributed by atoms with van der Waals surface area (Å²) < 4.78 is 0. The zero-order chi connectivity index (χ0) is 18.8. The van der Waals surface area contributed by atoms with Gasteiger partial charge in [0.15, 0.2) is 0 Å². The lowest BCUT2D eigenvalue weighted by molar-refractivity contribution is 0.0945. The molecule has 0 spiro atoms. The number of nitrogens with one attached hydrogen (secondary N) is 1. The molecule has 0 saturated carbocycles. The van der Waals surface area contributed by atoms with E-state index in [0.717, 1.165) is 42.4 Å². The Morgan fingerprint density at radius 3 is 2.89 bits per heavy atom. The van der Waals surface area contributed by atoms with Gasteiger partial charge in [-0.3, -0.25) is 4.79 Å². The fourth-order valence-electron chi connectivity index (χ4n) is 3.75. The average molecular weight is 381 g/mol. The van der Waals surface area contributed by atoms with Crippen LogP contribution in [0.15, 0.2) is 35.7 Å². The van der Waals surface area contributed by atoms with E-state index in [9.17, 15) is 4.79 Å². The van der Waals surface area contributed by atoms with Gasteiger partial charge in [-0.1, -0.05) is 18.2 Å². The number of amides is 1. The van der Waals surface area contributed by atoms with E-state index in [1.807, 2.05) is 37.3 Å². The van der Waals surface area contributed by atoms with Gasteiger partial charge < -0.3 is 10.2 Å². The third kappa shape index (κ3) is 3.81. The number of benzene rings is 1. The number of aromatic nitrogens is 2. The highest BCUT2D eigenvalue weighted by molar-refractivity contribution is 7.17. The average Bonchev–Trinajstić information content (AvgIpc) is 3.07. The Morgan fingerprint density at radius 1 is 1.26 bits per heavy atom. The van der Waals surface area contributed by atoms with Gasteiger partial charge in [0.2, 0.25) is 0 Å². The van der Waals surface area contributed by atoms with Gasteiger partial charge in [0.1, 0.15) is 16.5 Å². The molecule has 2 aromatic heterocycles. The number of hydrogen-bond donors (Lipinski definition) is 1. The van der Waals surface area contributed by atoms with Crippen LogP contribution in [0.25, 0.3) is 10.2 Å². The number of aryl methyl sites for hydroxylation is 2. The molecule has 1 unspecified atom stereocenters. The highest BCUT2D eigenvalue weighted by atomic mass is 32.1. The van der Waals surface area contributed by atoms with Crippen LogP contribution in [0, 0.1) is 19.8 Å². The quantitative estimate of drug-likeness (QED) is 0.744. The van der Waals surface area contributed by atoms with E-state index < -0.39 is 0 Å². The van der Waals surface area contributed by atoms with Crippen molar-refractivity contribution in [2.75, 3.05) is 24.5 Å². The zero-order valence-electron chi connectivity index (χ0n) is 15.7. The molecule has 0 bridgehead atoms. The molecule has 1 aliphatic rings. The number of piperidine rings is 1. The van der Waals surface area contributed by atoms with Crippen molar-refractivity contribution in [3.63, 3.8) is 0 Å². The van der Waals surface area contributed by atoms with Crippen LogP contribution in [0.2, 0.25) is 0 Å². The number of rotatable bonds is 4. The van der Waals surface area contributed by atoms with Gasteiger partial charge in [-0.15, -0.1) is 11.3 Å². The zero-order valence-corrected chi connectivity index (χ0v) is 16.6. The SMILES string of the molecule is Cc1nc(N2CCCC(CNC(=O)c3ccccc3)C2)c2c(C)csc2n1. The highest BCUT2D eigenvalue weighted by Crippen LogP contribution is 2.33. The lowest BCUT2D eigenvalue weighted by Gasteiger charge is -2.34. The molecule has 1 aliphatic heterocycles. The van der Waals surface area contributed by atoms with Gasteiger partial charge in [-0.25, -0.2) is 9.97 Å². The summed E-state index contributed by atoms with van der Waals surface area (Å²) in [6.07, 6.45) is 2.24. The monoisotopic (exact) mass is 380 g/mol. The van der Waals surface area contributed by atoms with Crippen molar-refractivity contribution < 1.29 is 4.79 Å². The number of nitrogens with zero attached hydrogens (tertiary/aromatic N) is 3. The minimum atomic E-state index is 0.00155. The Balaban J connectivity index is 1.47. The molecule has 1 fully saturated rings. The van der Waals surface area contributed by atoms with Crippen molar-refractivity contribution in [1.29, 1.82) is 0 Å². The van der Waals surface area contributed by atoms with Gasteiger partial charge in [0, 0.05) is 25.2 Å². The second kappa shape index (κ2) is 7.64.